The van der Waals surface area contributed by atoms with Gasteiger partial charge in [0.05, 0.1) is 19.6 Å². The van der Waals surface area contributed by atoms with Crippen molar-refractivity contribution in [3.05, 3.63) is 66.2 Å². The van der Waals surface area contributed by atoms with Crippen LogP contribution in [-0.2, 0) is 19.1 Å². The van der Waals surface area contributed by atoms with Gasteiger partial charge in [0.25, 0.3) is 5.91 Å². The molecule has 0 aliphatic carbocycles. The second-order valence-electron chi connectivity index (χ2n) is 6.02. The SMILES string of the molecule is COC(=O)CCC(=O)N[C@H]1C(=O)N(c2ccccc2)[C@H]1c1ccccc1. The zero-order valence-electron chi connectivity index (χ0n) is 14.4. The number of hydrogen-bond donors (Lipinski definition) is 1. The molecule has 2 amide bonds. The Hall–Kier alpha value is -3.15. The fourth-order valence-corrected chi connectivity index (χ4v) is 3.06. The minimum atomic E-state index is -0.650. The van der Waals surface area contributed by atoms with Crippen LogP contribution >= 0.6 is 0 Å². The van der Waals surface area contributed by atoms with Gasteiger partial charge < -0.3 is 15.0 Å². The molecule has 1 heterocycles. The lowest BCUT2D eigenvalue weighted by molar-refractivity contribution is -0.142. The van der Waals surface area contributed by atoms with E-state index in [2.05, 4.69) is 10.1 Å². The predicted molar refractivity (Wildman–Crippen MR) is 96.3 cm³/mol. The smallest absolute Gasteiger partial charge is 0.306 e. The molecule has 0 bridgehead atoms. The summed E-state index contributed by atoms with van der Waals surface area (Å²) in [4.78, 5) is 37.7. The molecule has 0 aromatic heterocycles. The topological polar surface area (TPSA) is 75.7 Å². The fraction of sp³-hybridized carbons (Fsp3) is 0.250. The van der Waals surface area contributed by atoms with Crippen LogP contribution in [-0.4, -0.2) is 30.9 Å². The largest absolute Gasteiger partial charge is 0.469 e. The number of β-lactam (4-membered cyclic amide) rings is 1. The maximum absolute atomic E-state index is 12.7. The Bertz CT molecular complexity index is 792. The molecule has 1 saturated heterocycles. The number of ether oxygens (including phenoxy) is 1. The van der Waals surface area contributed by atoms with E-state index in [9.17, 15) is 14.4 Å². The second-order valence-corrected chi connectivity index (χ2v) is 6.02. The Morgan fingerprint density at radius 3 is 2.23 bits per heavy atom. The molecule has 134 valence electrons. The van der Waals surface area contributed by atoms with Crippen LogP contribution in [0.25, 0.3) is 0 Å². The third-order valence-electron chi connectivity index (χ3n) is 4.37. The molecule has 0 radical (unpaired) electrons. The predicted octanol–water partition coefficient (Wildman–Crippen LogP) is 2.21. The van der Waals surface area contributed by atoms with Gasteiger partial charge in [0.15, 0.2) is 0 Å². The molecule has 1 aliphatic rings. The number of anilines is 1. The number of carbonyl (C=O) groups is 3. The molecule has 26 heavy (non-hydrogen) atoms. The molecule has 1 fully saturated rings. The number of carbonyl (C=O) groups excluding carboxylic acids is 3. The summed E-state index contributed by atoms with van der Waals surface area (Å²) in [5.74, 6) is -0.968. The van der Waals surface area contributed by atoms with E-state index in [0.717, 1.165) is 11.3 Å². The van der Waals surface area contributed by atoms with Gasteiger partial charge in [-0.2, -0.15) is 0 Å². The molecule has 6 nitrogen and oxygen atoms in total. The summed E-state index contributed by atoms with van der Waals surface area (Å²) in [6, 6.07) is 18.0. The molecule has 2 aromatic carbocycles. The number of nitrogens with zero attached hydrogens (tertiary/aromatic N) is 1. The van der Waals surface area contributed by atoms with Crippen molar-refractivity contribution in [3.8, 4) is 0 Å². The maximum atomic E-state index is 12.7. The van der Waals surface area contributed by atoms with Gasteiger partial charge >= 0.3 is 5.97 Å². The maximum Gasteiger partial charge on any atom is 0.306 e. The van der Waals surface area contributed by atoms with Gasteiger partial charge in [0.2, 0.25) is 5.91 Å². The first-order valence-electron chi connectivity index (χ1n) is 8.41. The summed E-state index contributed by atoms with van der Waals surface area (Å²) in [5, 5.41) is 2.76. The van der Waals surface area contributed by atoms with E-state index >= 15 is 0 Å². The lowest BCUT2D eigenvalue weighted by atomic mass is 9.87. The zero-order valence-corrected chi connectivity index (χ0v) is 14.4. The van der Waals surface area contributed by atoms with Gasteiger partial charge in [0, 0.05) is 12.1 Å². The van der Waals surface area contributed by atoms with Crippen molar-refractivity contribution in [1.29, 1.82) is 0 Å². The Morgan fingerprint density at radius 2 is 1.62 bits per heavy atom. The van der Waals surface area contributed by atoms with E-state index in [4.69, 9.17) is 0 Å². The summed E-state index contributed by atoms with van der Waals surface area (Å²) in [7, 11) is 1.28. The number of rotatable bonds is 6. The first-order chi connectivity index (χ1) is 12.6. The Labute approximate surface area is 151 Å². The molecule has 0 unspecified atom stereocenters. The Kier molecular flexibility index (Phi) is 5.31. The number of para-hydroxylation sites is 1. The van der Waals surface area contributed by atoms with Crippen molar-refractivity contribution >= 4 is 23.5 Å². The van der Waals surface area contributed by atoms with E-state index in [1.54, 1.807) is 4.90 Å². The molecular weight excluding hydrogens is 332 g/mol. The van der Waals surface area contributed by atoms with Gasteiger partial charge in [-0.05, 0) is 17.7 Å². The monoisotopic (exact) mass is 352 g/mol. The van der Waals surface area contributed by atoms with Crippen LogP contribution < -0.4 is 10.2 Å². The van der Waals surface area contributed by atoms with Crippen LogP contribution in [0.1, 0.15) is 24.4 Å². The van der Waals surface area contributed by atoms with Crippen LogP contribution in [0.5, 0.6) is 0 Å². The standard InChI is InChI=1S/C20H20N2O4/c1-26-17(24)13-12-16(23)21-18-19(14-8-4-2-5-9-14)22(20(18)25)15-10-6-3-7-11-15/h2-11,18-19H,12-13H2,1H3,(H,21,23)/t18-,19+/m1/s1. The van der Waals surface area contributed by atoms with Gasteiger partial charge in [-0.3, -0.25) is 14.4 Å². The molecule has 3 rings (SSSR count). The van der Waals surface area contributed by atoms with Crippen LogP contribution in [0.2, 0.25) is 0 Å². The lowest BCUT2D eigenvalue weighted by Gasteiger charge is -2.47. The number of benzene rings is 2. The number of hydrogen-bond acceptors (Lipinski definition) is 4. The molecular formula is C20H20N2O4. The number of nitrogens with one attached hydrogen (secondary N) is 1. The average Bonchev–Trinajstić information content (AvgIpc) is 2.69. The van der Waals surface area contributed by atoms with Crippen molar-refractivity contribution in [3.63, 3.8) is 0 Å². The van der Waals surface area contributed by atoms with Gasteiger partial charge in [-0.15, -0.1) is 0 Å². The molecule has 1 aliphatic heterocycles. The lowest BCUT2D eigenvalue weighted by Crippen LogP contribution is -2.66. The van der Waals surface area contributed by atoms with E-state index in [0.29, 0.717) is 0 Å². The Balaban J connectivity index is 1.78. The minimum absolute atomic E-state index is 0.0106. The van der Waals surface area contributed by atoms with E-state index in [-0.39, 0.29) is 30.7 Å². The first kappa shape index (κ1) is 17.7. The highest BCUT2D eigenvalue weighted by Crippen LogP contribution is 2.39. The molecule has 2 aromatic rings. The summed E-state index contributed by atoms with van der Waals surface area (Å²) in [5.41, 5.74) is 1.72. The summed E-state index contributed by atoms with van der Waals surface area (Å²) < 4.78 is 4.54. The van der Waals surface area contributed by atoms with Crippen LogP contribution in [0.3, 0.4) is 0 Å². The van der Waals surface area contributed by atoms with Crippen molar-refractivity contribution in [2.75, 3.05) is 12.0 Å². The van der Waals surface area contributed by atoms with Gasteiger partial charge in [0.1, 0.15) is 6.04 Å². The zero-order chi connectivity index (χ0) is 18.5. The third-order valence-corrected chi connectivity index (χ3v) is 4.37. The second kappa shape index (κ2) is 7.82. The highest BCUT2D eigenvalue weighted by atomic mass is 16.5. The minimum Gasteiger partial charge on any atom is -0.469 e. The third kappa shape index (κ3) is 3.59. The van der Waals surface area contributed by atoms with Gasteiger partial charge in [-0.1, -0.05) is 48.5 Å². The number of methoxy groups -OCH3 is 1. The Morgan fingerprint density at radius 1 is 1.00 bits per heavy atom. The van der Waals surface area contributed by atoms with E-state index < -0.39 is 12.0 Å². The number of amides is 2. The summed E-state index contributed by atoms with van der Waals surface area (Å²) in [6.45, 7) is 0. The summed E-state index contributed by atoms with van der Waals surface area (Å²) >= 11 is 0. The number of esters is 1. The molecule has 0 spiro atoms. The average molecular weight is 352 g/mol. The van der Waals surface area contributed by atoms with Crippen LogP contribution in [0.15, 0.2) is 60.7 Å². The van der Waals surface area contributed by atoms with Crippen molar-refractivity contribution in [1.82, 2.24) is 5.32 Å². The van der Waals surface area contributed by atoms with Crippen molar-refractivity contribution in [2.24, 2.45) is 0 Å². The quantitative estimate of drug-likeness (QED) is 0.639. The van der Waals surface area contributed by atoms with E-state index in [1.165, 1.54) is 7.11 Å². The molecule has 6 heteroatoms. The van der Waals surface area contributed by atoms with Crippen molar-refractivity contribution < 1.29 is 19.1 Å². The van der Waals surface area contributed by atoms with Crippen LogP contribution in [0, 0.1) is 0 Å². The molecule has 2 atom stereocenters. The van der Waals surface area contributed by atoms with Gasteiger partial charge in [-0.25, -0.2) is 0 Å². The highest BCUT2D eigenvalue weighted by molar-refractivity contribution is 6.07. The van der Waals surface area contributed by atoms with Crippen LogP contribution in [0.4, 0.5) is 5.69 Å². The van der Waals surface area contributed by atoms with Crippen molar-refractivity contribution in [2.45, 2.75) is 24.9 Å². The normalized spacial score (nSPS) is 18.8. The first-order valence-corrected chi connectivity index (χ1v) is 8.41. The van der Waals surface area contributed by atoms with E-state index in [1.807, 2.05) is 60.7 Å². The molecule has 0 saturated carbocycles. The molecule has 1 N–H and O–H groups in total. The summed E-state index contributed by atoms with van der Waals surface area (Å²) in [6.07, 6.45) is -0.0229. The highest BCUT2D eigenvalue weighted by Gasteiger charge is 2.49. The fourth-order valence-electron chi connectivity index (χ4n) is 3.06.